The molecule has 18 rings (SSSR count). The second-order valence-corrected chi connectivity index (χ2v) is 17.5. The van der Waals surface area contributed by atoms with E-state index >= 15 is 0 Å². The number of rotatable bonds is 2. The summed E-state index contributed by atoms with van der Waals surface area (Å²) >= 11 is 0. The van der Waals surface area contributed by atoms with Crippen LogP contribution in [0.1, 0.15) is 57.1 Å². The minimum Gasteiger partial charge on any atom is -0.0985 e. The van der Waals surface area contributed by atoms with E-state index in [1.54, 1.807) is 103 Å². The lowest BCUT2D eigenvalue weighted by atomic mass is 9.64. The first-order valence-electron chi connectivity index (χ1n) is 18.8. The van der Waals surface area contributed by atoms with Gasteiger partial charge >= 0.3 is 0 Å². The summed E-state index contributed by atoms with van der Waals surface area (Å²) in [5.41, 5.74) is 13.3. The summed E-state index contributed by atoms with van der Waals surface area (Å²) in [6, 6.07) is 19.6. The Kier molecular flexibility index (Phi) is 2.60. The van der Waals surface area contributed by atoms with Crippen LogP contribution < -0.4 is 10.4 Å². The van der Waals surface area contributed by atoms with Crippen LogP contribution in [0.4, 0.5) is 0 Å². The van der Waals surface area contributed by atoms with Crippen molar-refractivity contribution < 1.29 is 0 Å². The molecular weight excluding hydrogens is 589 g/mol. The molecule has 49 heavy (non-hydrogen) atoms. The van der Waals surface area contributed by atoms with Crippen molar-refractivity contribution in [3.8, 4) is 0 Å². The second-order valence-electron chi connectivity index (χ2n) is 17.5. The van der Waals surface area contributed by atoms with Crippen LogP contribution in [0.3, 0.4) is 0 Å². The summed E-state index contributed by atoms with van der Waals surface area (Å²) in [5, 5.41) is 29.4. The lowest BCUT2D eigenvalue weighted by Crippen LogP contribution is -2.33. The summed E-state index contributed by atoms with van der Waals surface area (Å²) < 4.78 is 0. The van der Waals surface area contributed by atoms with Crippen LogP contribution in [-0.4, -0.2) is 0 Å². The maximum absolute atomic E-state index is 4.06. The Morgan fingerprint density at radius 3 is 2.02 bits per heavy atom. The predicted molar refractivity (Wildman–Crippen MR) is 203 cm³/mol. The molecule has 10 aromatic rings. The highest BCUT2D eigenvalue weighted by Crippen LogP contribution is 2.76. The highest BCUT2D eigenvalue weighted by molar-refractivity contribution is 6.57. The molecule has 9 atom stereocenters. The molecule has 0 aliphatic heterocycles. The number of fused-ring (bicyclic) bond motifs is 8. The van der Waals surface area contributed by atoms with Crippen molar-refractivity contribution in [2.24, 2.45) is 29.6 Å². The number of benzene rings is 6. The molecule has 2 fully saturated rings. The lowest BCUT2D eigenvalue weighted by molar-refractivity contribution is 0.344. The Morgan fingerprint density at radius 2 is 1.16 bits per heavy atom. The van der Waals surface area contributed by atoms with E-state index in [0.29, 0.717) is 53.3 Å². The van der Waals surface area contributed by atoms with Gasteiger partial charge in [0.15, 0.2) is 0 Å². The van der Waals surface area contributed by atoms with Crippen LogP contribution in [0.5, 0.6) is 0 Å². The summed E-state index contributed by atoms with van der Waals surface area (Å²) in [4.78, 5) is 0. The number of hydrogen-bond donors (Lipinski definition) is 0. The monoisotopic (exact) mass is 612 g/mol. The number of allylic oxidation sites excluding steroid dienone is 3. The van der Waals surface area contributed by atoms with Gasteiger partial charge < -0.3 is 0 Å². The minimum absolute atomic E-state index is 0.542. The largest absolute Gasteiger partial charge is 0.0985 e. The summed E-state index contributed by atoms with van der Waals surface area (Å²) in [5.74, 6) is 5.25. The van der Waals surface area contributed by atoms with Crippen LogP contribution in [0.25, 0.3) is 109 Å². The van der Waals surface area contributed by atoms with Crippen LogP contribution in [0.2, 0.25) is 0 Å². The van der Waals surface area contributed by atoms with E-state index in [2.05, 4.69) is 79.4 Å². The number of hydrogen-bond acceptors (Lipinski definition) is 0. The lowest BCUT2D eigenvalue weighted by Gasteiger charge is -2.38. The van der Waals surface area contributed by atoms with E-state index in [-0.39, 0.29) is 0 Å². The summed E-state index contributed by atoms with van der Waals surface area (Å²) in [6.45, 7) is 4.06. The van der Waals surface area contributed by atoms with Gasteiger partial charge in [-0.15, -0.1) is 0 Å². The van der Waals surface area contributed by atoms with E-state index in [0.717, 1.165) is 0 Å². The van der Waals surface area contributed by atoms with Gasteiger partial charge in [-0.1, -0.05) is 91.1 Å². The molecule has 0 N–H and O–H groups in total. The van der Waals surface area contributed by atoms with E-state index in [1.807, 2.05) is 17.2 Å². The molecule has 0 aromatic heterocycles. The highest BCUT2D eigenvalue weighted by atomic mass is 14.7. The molecule has 0 saturated heterocycles. The molecule has 0 nitrogen and oxygen atoms in total. The molecule has 0 spiro atoms. The molecule has 9 unspecified atom stereocenters. The van der Waals surface area contributed by atoms with E-state index < -0.39 is 0 Å². The van der Waals surface area contributed by atoms with Crippen molar-refractivity contribution in [1.29, 1.82) is 0 Å². The van der Waals surface area contributed by atoms with Crippen LogP contribution in [0.15, 0.2) is 73.3 Å². The maximum Gasteiger partial charge on any atom is 0.0142 e. The van der Waals surface area contributed by atoms with Crippen molar-refractivity contribution in [3.05, 3.63) is 117 Å². The smallest absolute Gasteiger partial charge is 0.0142 e. The molecule has 8 aliphatic rings. The Labute approximate surface area is 279 Å². The van der Waals surface area contributed by atoms with Crippen molar-refractivity contribution in [2.75, 3.05) is 0 Å². The van der Waals surface area contributed by atoms with Crippen molar-refractivity contribution in [1.82, 2.24) is 0 Å². The summed E-state index contributed by atoms with van der Waals surface area (Å²) in [6.07, 6.45) is 12.8. The quantitative estimate of drug-likeness (QED) is 0.135. The normalized spacial score (nSPS) is 32.9. The zero-order valence-electron chi connectivity index (χ0n) is 26.4. The van der Waals surface area contributed by atoms with Gasteiger partial charge in [0.1, 0.15) is 0 Å². The van der Waals surface area contributed by atoms with E-state index in [9.17, 15) is 0 Å². The minimum atomic E-state index is 0.542. The van der Waals surface area contributed by atoms with Gasteiger partial charge in [0, 0.05) is 17.8 Å². The highest BCUT2D eigenvalue weighted by Gasteiger charge is 2.65. The van der Waals surface area contributed by atoms with Crippen molar-refractivity contribution in [2.45, 2.75) is 23.7 Å². The van der Waals surface area contributed by atoms with E-state index in [1.165, 1.54) is 27.3 Å². The molecule has 8 aliphatic carbocycles. The van der Waals surface area contributed by atoms with Gasteiger partial charge in [-0.2, -0.15) is 0 Å². The average molecular weight is 613 g/mol. The molecule has 2 saturated carbocycles. The first kappa shape index (κ1) is 21.7. The van der Waals surface area contributed by atoms with Crippen LogP contribution >= 0.6 is 0 Å². The third kappa shape index (κ3) is 1.63. The predicted octanol–water partition coefficient (Wildman–Crippen LogP) is 10.3. The van der Waals surface area contributed by atoms with Gasteiger partial charge in [0.05, 0.1) is 0 Å². The topological polar surface area (TPSA) is 0 Å². The zero-order valence-corrected chi connectivity index (χ0v) is 26.4. The standard InChI is InChI=1S/C49H24/c1-2-15-3-5-16(6-4-15)25-36-34-23-13-11-21-19-9-7-17-18-8-10-20-22-12-14-24-33-31(22)40-29(20)27(18)38-26(17)28(19)39-30(21)32(23)41-43(34)44(35(24)37(25)36)42(33)49-47(40)45(38)46(39)48(41)49/h2-14,19,21,23,25,28,30,32,36-37H,1H2. The van der Waals surface area contributed by atoms with Gasteiger partial charge in [-0.3, -0.25) is 0 Å². The molecule has 0 bridgehead atoms. The zero-order chi connectivity index (χ0) is 30.4. The fraction of sp³-hybridized carbons (Fsp3) is 0.184. The SMILES string of the molecule is C=Cc1ccc(C2C3C4=c5c6c7c8c9c%10c%11c(c%12ccc%13c%14ccc%15c(c5c5c%15c%14c(c%13c%12%10)c9c75)C32)C=CC2C%11C=8C3C2C=CC4C63)cc1. The Hall–Kier alpha value is -5.20. The Balaban J connectivity index is 1.20. The first-order valence-corrected chi connectivity index (χ1v) is 18.8. The fourth-order valence-corrected chi connectivity index (χ4v) is 15.8. The summed E-state index contributed by atoms with van der Waals surface area (Å²) in [7, 11) is 0. The van der Waals surface area contributed by atoms with Gasteiger partial charge in [0.2, 0.25) is 0 Å². The van der Waals surface area contributed by atoms with Crippen molar-refractivity contribution >= 4 is 109 Å². The van der Waals surface area contributed by atoms with E-state index in [4.69, 9.17) is 0 Å². The van der Waals surface area contributed by atoms with Gasteiger partial charge in [-0.05, 0) is 171 Å². The maximum atomic E-state index is 4.06. The molecule has 220 valence electrons. The van der Waals surface area contributed by atoms with Crippen molar-refractivity contribution in [3.63, 3.8) is 0 Å². The third-order valence-corrected chi connectivity index (χ3v) is 16.7. The average Bonchev–Trinajstić information content (AvgIpc) is 3.65. The molecule has 0 amide bonds. The van der Waals surface area contributed by atoms with Gasteiger partial charge in [-0.25, -0.2) is 0 Å². The Bertz CT molecular complexity index is 3600. The fourth-order valence-electron chi connectivity index (χ4n) is 15.8. The molecule has 0 heteroatoms. The second kappa shape index (κ2) is 5.88. The molecular formula is C49H24. The molecule has 0 radical (unpaired) electrons. The molecule has 10 aromatic carbocycles. The third-order valence-electron chi connectivity index (χ3n) is 16.7. The van der Waals surface area contributed by atoms with Crippen LogP contribution in [0, 0.1) is 29.6 Å². The first-order chi connectivity index (χ1) is 24.3. The van der Waals surface area contributed by atoms with Gasteiger partial charge in [0.25, 0.3) is 0 Å². The molecule has 0 heterocycles. The van der Waals surface area contributed by atoms with Crippen LogP contribution in [-0.2, 0) is 0 Å². The Morgan fingerprint density at radius 1 is 0.449 bits per heavy atom.